The van der Waals surface area contributed by atoms with E-state index in [9.17, 15) is 4.79 Å². The molecule has 126 valence electrons. The number of nitrogens with one attached hydrogen (secondary N) is 2. The largest absolute Gasteiger partial charge is 0.355 e. The number of carbonyl (C=O) groups is 1. The quantitative estimate of drug-likeness (QED) is 0.729. The van der Waals surface area contributed by atoms with Crippen LogP contribution in [0.1, 0.15) is 19.4 Å². The van der Waals surface area contributed by atoms with E-state index in [0.717, 1.165) is 13.1 Å². The van der Waals surface area contributed by atoms with Gasteiger partial charge in [0.15, 0.2) is 0 Å². The van der Waals surface area contributed by atoms with Crippen molar-refractivity contribution in [2.45, 2.75) is 20.4 Å². The molecule has 4 heteroatoms. The predicted octanol–water partition coefficient (Wildman–Crippen LogP) is 3.53. The molecular weight excluding hydrogens is 298 g/mol. The minimum atomic E-state index is 0.0373. The molecule has 0 saturated heterocycles. The van der Waals surface area contributed by atoms with Gasteiger partial charge in [0.05, 0.1) is 0 Å². The molecule has 1 amide bonds. The number of amides is 1. The number of hydrogen-bond acceptors (Lipinski definition) is 2. The zero-order valence-corrected chi connectivity index (χ0v) is 14.6. The Hall–Kier alpha value is -2.33. The van der Waals surface area contributed by atoms with Crippen LogP contribution in [0, 0.1) is 5.92 Å². The Kier molecular flexibility index (Phi) is 4.86. The lowest BCUT2D eigenvalue weighted by molar-refractivity contribution is -0.124. The Labute approximate surface area is 142 Å². The van der Waals surface area contributed by atoms with Gasteiger partial charge in [0.25, 0.3) is 0 Å². The molecule has 0 saturated carbocycles. The van der Waals surface area contributed by atoms with Gasteiger partial charge >= 0.3 is 0 Å². The molecule has 0 aliphatic carbocycles. The van der Waals surface area contributed by atoms with Gasteiger partial charge in [-0.15, -0.1) is 0 Å². The van der Waals surface area contributed by atoms with Crippen molar-refractivity contribution in [1.29, 1.82) is 0 Å². The van der Waals surface area contributed by atoms with E-state index in [1.165, 1.54) is 27.4 Å². The number of likely N-dealkylation sites (N-methyl/N-ethyl adjacent to an activating group) is 1. The highest BCUT2D eigenvalue weighted by Gasteiger charge is 2.11. The van der Waals surface area contributed by atoms with E-state index in [-0.39, 0.29) is 11.8 Å². The Morgan fingerprint density at radius 1 is 1.12 bits per heavy atom. The molecule has 3 rings (SSSR count). The SMILES string of the molecule is CC(C)C(=O)NCCN(C)Cc1cccc2[nH]c3ccccc3c12. The summed E-state index contributed by atoms with van der Waals surface area (Å²) in [5.41, 5.74) is 3.66. The maximum atomic E-state index is 11.6. The first kappa shape index (κ1) is 16.5. The lowest BCUT2D eigenvalue weighted by atomic mass is 10.1. The number of H-pyrrole nitrogens is 1. The summed E-state index contributed by atoms with van der Waals surface area (Å²) in [7, 11) is 2.09. The monoisotopic (exact) mass is 323 g/mol. The summed E-state index contributed by atoms with van der Waals surface area (Å²) in [4.78, 5) is 17.4. The fraction of sp³-hybridized carbons (Fsp3) is 0.350. The van der Waals surface area contributed by atoms with Gasteiger partial charge in [0, 0.05) is 47.4 Å². The van der Waals surface area contributed by atoms with Gasteiger partial charge < -0.3 is 15.2 Å². The first-order valence-corrected chi connectivity index (χ1v) is 8.51. The molecule has 0 bridgehead atoms. The van der Waals surface area contributed by atoms with E-state index in [2.05, 4.69) is 64.7 Å². The standard InChI is InChI=1S/C20H25N3O/c1-14(2)20(24)21-11-12-23(3)13-15-7-6-10-18-19(15)16-8-4-5-9-17(16)22-18/h4-10,14,22H,11-13H2,1-3H3,(H,21,24). The van der Waals surface area contributed by atoms with Gasteiger partial charge in [-0.25, -0.2) is 0 Å². The van der Waals surface area contributed by atoms with Crippen molar-refractivity contribution in [3.05, 3.63) is 48.0 Å². The number of rotatable bonds is 6. The van der Waals surface area contributed by atoms with Crippen molar-refractivity contribution in [2.75, 3.05) is 20.1 Å². The smallest absolute Gasteiger partial charge is 0.222 e. The van der Waals surface area contributed by atoms with Crippen LogP contribution in [0.3, 0.4) is 0 Å². The van der Waals surface area contributed by atoms with Gasteiger partial charge in [0.2, 0.25) is 5.91 Å². The number of benzene rings is 2. The summed E-state index contributed by atoms with van der Waals surface area (Å²) in [6.45, 7) is 6.19. The van der Waals surface area contributed by atoms with Crippen LogP contribution >= 0.6 is 0 Å². The third-order valence-corrected chi connectivity index (χ3v) is 4.37. The molecule has 0 radical (unpaired) electrons. The van der Waals surface area contributed by atoms with Crippen LogP contribution < -0.4 is 5.32 Å². The Balaban J connectivity index is 1.74. The average Bonchev–Trinajstić information content (AvgIpc) is 2.94. The van der Waals surface area contributed by atoms with Crippen molar-refractivity contribution in [2.24, 2.45) is 5.92 Å². The van der Waals surface area contributed by atoms with Gasteiger partial charge in [-0.1, -0.05) is 44.2 Å². The lowest BCUT2D eigenvalue weighted by Gasteiger charge is -2.18. The fourth-order valence-electron chi connectivity index (χ4n) is 3.05. The van der Waals surface area contributed by atoms with Crippen molar-refractivity contribution in [3.63, 3.8) is 0 Å². The lowest BCUT2D eigenvalue weighted by Crippen LogP contribution is -2.34. The van der Waals surface area contributed by atoms with Crippen LogP contribution in [-0.4, -0.2) is 35.9 Å². The van der Waals surface area contributed by atoms with Gasteiger partial charge in [-0.2, -0.15) is 0 Å². The Morgan fingerprint density at radius 2 is 1.88 bits per heavy atom. The number of para-hydroxylation sites is 1. The minimum absolute atomic E-state index is 0.0373. The first-order chi connectivity index (χ1) is 11.6. The summed E-state index contributed by atoms with van der Waals surface area (Å²) in [5.74, 6) is 0.150. The normalized spacial score (nSPS) is 11.7. The molecule has 2 N–H and O–H groups in total. The highest BCUT2D eigenvalue weighted by atomic mass is 16.1. The summed E-state index contributed by atoms with van der Waals surface area (Å²) in [6, 6.07) is 14.8. The molecule has 2 aromatic carbocycles. The van der Waals surface area contributed by atoms with E-state index < -0.39 is 0 Å². The number of aromatic amines is 1. The third kappa shape index (κ3) is 3.44. The van der Waals surface area contributed by atoms with Crippen molar-refractivity contribution in [1.82, 2.24) is 15.2 Å². The maximum Gasteiger partial charge on any atom is 0.222 e. The van der Waals surface area contributed by atoms with Gasteiger partial charge in [0.1, 0.15) is 0 Å². The molecule has 24 heavy (non-hydrogen) atoms. The third-order valence-electron chi connectivity index (χ3n) is 4.37. The van der Waals surface area contributed by atoms with E-state index in [1.807, 2.05) is 13.8 Å². The summed E-state index contributed by atoms with van der Waals surface area (Å²) >= 11 is 0. The molecule has 0 unspecified atom stereocenters. The average molecular weight is 323 g/mol. The fourth-order valence-corrected chi connectivity index (χ4v) is 3.05. The van der Waals surface area contributed by atoms with E-state index in [0.29, 0.717) is 6.54 Å². The van der Waals surface area contributed by atoms with Crippen LogP contribution in [0.4, 0.5) is 0 Å². The zero-order valence-electron chi connectivity index (χ0n) is 14.6. The van der Waals surface area contributed by atoms with Crippen LogP contribution in [0.2, 0.25) is 0 Å². The van der Waals surface area contributed by atoms with Crippen LogP contribution in [0.15, 0.2) is 42.5 Å². The predicted molar refractivity (Wildman–Crippen MR) is 100.0 cm³/mol. The number of hydrogen-bond donors (Lipinski definition) is 2. The van der Waals surface area contributed by atoms with Crippen molar-refractivity contribution in [3.8, 4) is 0 Å². The summed E-state index contributed by atoms with van der Waals surface area (Å²) in [6.07, 6.45) is 0. The van der Waals surface area contributed by atoms with E-state index in [1.54, 1.807) is 0 Å². The summed E-state index contributed by atoms with van der Waals surface area (Å²) < 4.78 is 0. The molecule has 1 heterocycles. The second kappa shape index (κ2) is 7.05. The van der Waals surface area contributed by atoms with Crippen molar-refractivity contribution < 1.29 is 4.79 Å². The topological polar surface area (TPSA) is 48.1 Å². The van der Waals surface area contributed by atoms with Crippen LogP contribution in [0.25, 0.3) is 21.8 Å². The molecule has 0 fully saturated rings. The number of nitrogens with zero attached hydrogens (tertiary/aromatic N) is 1. The number of carbonyl (C=O) groups excluding carboxylic acids is 1. The van der Waals surface area contributed by atoms with Crippen LogP contribution in [0.5, 0.6) is 0 Å². The van der Waals surface area contributed by atoms with Crippen LogP contribution in [-0.2, 0) is 11.3 Å². The Bertz CT molecular complexity index is 850. The summed E-state index contributed by atoms with van der Waals surface area (Å²) in [5, 5.41) is 5.54. The zero-order chi connectivity index (χ0) is 17.1. The van der Waals surface area contributed by atoms with E-state index in [4.69, 9.17) is 0 Å². The second-order valence-electron chi connectivity index (χ2n) is 6.69. The molecular formula is C20H25N3O. The van der Waals surface area contributed by atoms with Crippen molar-refractivity contribution >= 4 is 27.7 Å². The molecule has 1 aromatic heterocycles. The maximum absolute atomic E-state index is 11.6. The number of fused-ring (bicyclic) bond motifs is 3. The molecule has 0 atom stereocenters. The minimum Gasteiger partial charge on any atom is -0.355 e. The molecule has 0 spiro atoms. The molecule has 0 aliphatic rings. The second-order valence-corrected chi connectivity index (χ2v) is 6.69. The molecule has 4 nitrogen and oxygen atoms in total. The van der Waals surface area contributed by atoms with E-state index >= 15 is 0 Å². The number of aromatic nitrogens is 1. The molecule has 3 aromatic rings. The van der Waals surface area contributed by atoms with Gasteiger partial charge in [-0.3, -0.25) is 4.79 Å². The highest BCUT2D eigenvalue weighted by molar-refractivity contribution is 6.08. The first-order valence-electron chi connectivity index (χ1n) is 8.51. The van der Waals surface area contributed by atoms with Gasteiger partial charge in [-0.05, 0) is 24.7 Å². The Morgan fingerprint density at radius 3 is 2.67 bits per heavy atom. The highest BCUT2D eigenvalue weighted by Crippen LogP contribution is 2.28. The molecule has 0 aliphatic heterocycles.